The van der Waals surface area contributed by atoms with Crippen LogP contribution in [0.2, 0.25) is 0 Å². The average molecular weight is 511 g/mol. The molecule has 6 nitrogen and oxygen atoms in total. The minimum absolute atomic E-state index is 0.0235. The molecule has 194 valence electrons. The van der Waals surface area contributed by atoms with Gasteiger partial charge in [0.25, 0.3) is 11.8 Å². The predicted octanol–water partition coefficient (Wildman–Crippen LogP) is 5.32. The first-order valence-electron chi connectivity index (χ1n) is 13.2. The van der Waals surface area contributed by atoms with Crippen LogP contribution in [0.25, 0.3) is 0 Å². The van der Waals surface area contributed by atoms with Gasteiger partial charge in [0.1, 0.15) is 0 Å². The van der Waals surface area contributed by atoms with Gasteiger partial charge < -0.3 is 10.2 Å². The molecule has 0 bridgehead atoms. The van der Waals surface area contributed by atoms with Gasteiger partial charge in [0, 0.05) is 24.2 Å². The Hall–Kier alpha value is -2.67. The van der Waals surface area contributed by atoms with Gasteiger partial charge in [-0.1, -0.05) is 51.8 Å². The molecule has 4 rings (SSSR count). The zero-order valence-electron chi connectivity index (χ0n) is 21.8. The molecule has 1 atom stereocenters. The number of hydrogen-bond donors (Lipinski definition) is 1. The molecule has 2 aromatic rings. The van der Waals surface area contributed by atoms with E-state index in [0.29, 0.717) is 17.0 Å². The lowest BCUT2D eigenvalue weighted by atomic mass is 9.81. The Morgan fingerprint density at radius 2 is 1.72 bits per heavy atom. The molecule has 1 unspecified atom stereocenters. The van der Waals surface area contributed by atoms with E-state index >= 15 is 0 Å². The summed E-state index contributed by atoms with van der Waals surface area (Å²) in [6.45, 7) is 9.23. The third-order valence-electron chi connectivity index (χ3n) is 8.31. The van der Waals surface area contributed by atoms with Crippen LogP contribution >= 0.6 is 0 Å². The SMILES string of the molecule is CCC1(C)c2ccc(C(=O)NCc3ccc(S(=O)(=O)CC)cc3)cc2C(=O)N1CC1CCC(C)CC1. The van der Waals surface area contributed by atoms with Crippen molar-refractivity contribution in [3.05, 3.63) is 64.7 Å². The average Bonchev–Trinajstić information content (AvgIpc) is 3.10. The van der Waals surface area contributed by atoms with Crippen LogP contribution in [-0.4, -0.2) is 37.4 Å². The summed E-state index contributed by atoms with van der Waals surface area (Å²) in [4.78, 5) is 28.8. The Labute approximate surface area is 215 Å². The second-order valence-corrected chi connectivity index (χ2v) is 12.9. The van der Waals surface area contributed by atoms with Gasteiger partial charge in [0.2, 0.25) is 0 Å². The van der Waals surface area contributed by atoms with Crippen LogP contribution in [0.15, 0.2) is 47.4 Å². The van der Waals surface area contributed by atoms with E-state index in [9.17, 15) is 18.0 Å². The Morgan fingerprint density at radius 1 is 1.06 bits per heavy atom. The van der Waals surface area contributed by atoms with E-state index in [-0.39, 0.29) is 34.5 Å². The summed E-state index contributed by atoms with van der Waals surface area (Å²) in [7, 11) is -3.25. The molecular formula is C29H38N2O4S. The highest BCUT2D eigenvalue weighted by Crippen LogP contribution is 2.43. The maximum absolute atomic E-state index is 13.5. The van der Waals surface area contributed by atoms with E-state index in [1.54, 1.807) is 43.3 Å². The number of nitrogens with one attached hydrogen (secondary N) is 1. The molecule has 1 heterocycles. The van der Waals surface area contributed by atoms with Gasteiger partial charge in [-0.3, -0.25) is 9.59 Å². The second-order valence-electron chi connectivity index (χ2n) is 10.7. The van der Waals surface area contributed by atoms with Crippen molar-refractivity contribution in [3.8, 4) is 0 Å². The van der Waals surface area contributed by atoms with Crippen molar-refractivity contribution >= 4 is 21.7 Å². The number of carbonyl (C=O) groups is 2. The molecule has 2 aromatic carbocycles. The Bertz CT molecular complexity index is 1230. The van der Waals surface area contributed by atoms with Crippen LogP contribution in [0, 0.1) is 11.8 Å². The standard InChI is InChI=1S/C29H38N2O4S/c1-5-29(4)26-16-13-23(17-25(26)28(33)31(29)19-22-9-7-20(3)8-10-22)27(32)30-18-21-11-14-24(15-12-21)36(34,35)6-2/h11-17,20,22H,5-10,18-19H2,1-4H3,(H,30,32). The second kappa shape index (κ2) is 10.4. The number of amides is 2. The Kier molecular flexibility index (Phi) is 7.60. The molecule has 7 heteroatoms. The summed E-state index contributed by atoms with van der Waals surface area (Å²) in [5, 5.41) is 2.90. The number of carbonyl (C=O) groups excluding carboxylic acids is 2. The molecular weight excluding hydrogens is 472 g/mol. The van der Waals surface area contributed by atoms with Crippen LogP contribution in [-0.2, 0) is 21.9 Å². The highest BCUT2D eigenvalue weighted by molar-refractivity contribution is 7.91. The summed E-state index contributed by atoms with van der Waals surface area (Å²) in [6, 6.07) is 12.1. The molecule has 1 N–H and O–H groups in total. The van der Waals surface area contributed by atoms with E-state index in [1.807, 2.05) is 11.0 Å². The van der Waals surface area contributed by atoms with Gasteiger partial charge in [0.15, 0.2) is 9.84 Å². The minimum atomic E-state index is -3.25. The first-order chi connectivity index (χ1) is 17.1. The fourth-order valence-electron chi connectivity index (χ4n) is 5.55. The summed E-state index contributed by atoms with van der Waals surface area (Å²) in [5.41, 5.74) is 2.54. The molecule has 2 aliphatic rings. The molecule has 1 fully saturated rings. The topological polar surface area (TPSA) is 83.5 Å². The minimum Gasteiger partial charge on any atom is -0.348 e. The first kappa shape index (κ1) is 26.4. The van der Waals surface area contributed by atoms with Crippen molar-refractivity contribution in [1.29, 1.82) is 0 Å². The van der Waals surface area contributed by atoms with Crippen LogP contribution in [0.4, 0.5) is 0 Å². The molecule has 1 aliphatic carbocycles. The van der Waals surface area contributed by atoms with Crippen LogP contribution in [0.1, 0.15) is 91.6 Å². The van der Waals surface area contributed by atoms with Crippen molar-refractivity contribution < 1.29 is 18.0 Å². The number of rotatable bonds is 8. The highest BCUT2D eigenvalue weighted by atomic mass is 32.2. The van der Waals surface area contributed by atoms with E-state index in [1.165, 1.54) is 25.7 Å². The number of fused-ring (bicyclic) bond motifs is 1. The van der Waals surface area contributed by atoms with Gasteiger partial charge in [-0.15, -0.1) is 0 Å². The summed E-state index contributed by atoms with van der Waals surface area (Å²) < 4.78 is 24.0. The van der Waals surface area contributed by atoms with Gasteiger partial charge in [-0.05, 0) is 73.4 Å². The summed E-state index contributed by atoms with van der Waals surface area (Å²) in [5.74, 6) is 1.12. The maximum atomic E-state index is 13.5. The van der Waals surface area contributed by atoms with Gasteiger partial charge in [-0.2, -0.15) is 0 Å². The number of benzene rings is 2. The smallest absolute Gasteiger partial charge is 0.254 e. The lowest BCUT2D eigenvalue weighted by molar-refractivity contribution is 0.0483. The lowest BCUT2D eigenvalue weighted by Gasteiger charge is -2.39. The van der Waals surface area contributed by atoms with E-state index in [4.69, 9.17) is 0 Å². The largest absolute Gasteiger partial charge is 0.348 e. The Balaban J connectivity index is 1.47. The molecule has 2 amide bonds. The monoisotopic (exact) mass is 510 g/mol. The van der Waals surface area contributed by atoms with Crippen molar-refractivity contribution in [1.82, 2.24) is 10.2 Å². The van der Waals surface area contributed by atoms with E-state index < -0.39 is 9.84 Å². The zero-order chi connectivity index (χ0) is 26.1. The molecule has 0 spiro atoms. The van der Waals surface area contributed by atoms with Crippen LogP contribution < -0.4 is 5.32 Å². The number of sulfone groups is 1. The normalized spacial score (nSPS) is 24.0. The van der Waals surface area contributed by atoms with Crippen LogP contribution in [0.3, 0.4) is 0 Å². The Morgan fingerprint density at radius 3 is 2.33 bits per heavy atom. The molecule has 1 aliphatic heterocycles. The molecule has 36 heavy (non-hydrogen) atoms. The van der Waals surface area contributed by atoms with Crippen LogP contribution in [0.5, 0.6) is 0 Å². The highest BCUT2D eigenvalue weighted by Gasteiger charge is 2.46. The third kappa shape index (κ3) is 5.08. The fourth-order valence-corrected chi connectivity index (χ4v) is 6.43. The first-order valence-corrected chi connectivity index (χ1v) is 14.8. The predicted molar refractivity (Wildman–Crippen MR) is 142 cm³/mol. The van der Waals surface area contributed by atoms with Gasteiger partial charge >= 0.3 is 0 Å². The third-order valence-corrected chi connectivity index (χ3v) is 10.1. The van der Waals surface area contributed by atoms with Gasteiger partial charge in [-0.25, -0.2) is 8.42 Å². The van der Waals surface area contributed by atoms with Gasteiger partial charge in [0.05, 0.1) is 16.2 Å². The molecule has 0 radical (unpaired) electrons. The van der Waals surface area contributed by atoms with E-state index in [0.717, 1.165) is 30.0 Å². The maximum Gasteiger partial charge on any atom is 0.254 e. The van der Waals surface area contributed by atoms with Crippen molar-refractivity contribution in [2.24, 2.45) is 11.8 Å². The quantitative estimate of drug-likeness (QED) is 0.521. The summed E-state index contributed by atoms with van der Waals surface area (Å²) in [6.07, 6.45) is 5.61. The zero-order valence-corrected chi connectivity index (χ0v) is 22.7. The molecule has 0 aromatic heterocycles. The molecule has 1 saturated carbocycles. The lowest BCUT2D eigenvalue weighted by Crippen LogP contribution is -2.44. The van der Waals surface area contributed by atoms with Crippen molar-refractivity contribution in [2.75, 3.05) is 12.3 Å². The fraction of sp³-hybridized carbons (Fsp3) is 0.517. The number of nitrogens with zero attached hydrogens (tertiary/aromatic N) is 1. The van der Waals surface area contributed by atoms with E-state index in [2.05, 4.69) is 26.1 Å². The number of hydrogen-bond acceptors (Lipinski definition) is 4. The molecule has 0 saturated heterocycles. The summed E-state index contributed by atoms with van der Waals surface area (Å²) >= 11 is 0. The van der Waals surface area contributed by atoms with Crippen molar-refractivity contribution in [2.45, 2.75) is 76.8 Å². The van der Waals surface area contributed by atoms with Crippen molar-refractivity contribution in [3.63, 3.8) is 0 Å².